The molecule has 35 heavy (non-hydrogen) atoms. The third-order valence-electron chi connectivity index (χ3n) is 6.43. The Hall–Kier alpha value is -2.76. The number of β-amino-alcohol motifs (C(OH)–C–C–N with tert-alkyl or cyclic N) is 1. The minimum absolute atomic E-state index is 0.00671. The fourth-order valence-electron chi connectivity index (χ4n) is 4.83. The zero-order valence-corrected chi connectivity index (χ0v) is 22.0. The number of aliphatic hydroxyl groups is 1. The van der Waals surface area contributed by atoms with Crippen molar-refractivity contribution >= 4 is 27.5 Å². The number of fused-ring (bicyclic) bond motifs is 1. The van der Waals surface area contributed by atoms with E-state index in [0.29, 0.717) is 16.3 Å². The van der Waals surface area contributed by atoms with Gasteiger partial charge in [0.2, 0.25) is 0 Å². The molecule has 1 unspecified atom stereocenters. The SMILES string of the molecule is Cc1n[nH]c(C)c1C(c1sc2c(c1C(=O)N1C[C@H](O)CO1)c(=O)n(C)c(=O)n2CC(C)C)C(C)C. The van der Waals surface area contributed by atoms with Crippen LogP contribution in [-0.2, 0) is 18.4 Å². The molecule has 190 valence electrons. The van der Waals surface area contributed by atoms with E-state index in [1.165, 1.54) is 18.4 Å². The summed E-state index contributed by atoms with van der Waals surface area (Å²) < 4.78 is 2.66. The third kappa shape index (κ3) is 4.25. The van der Waals surface area contributed by atoms with Gasteiger partial charge in [-0.25, -0.2) is 9.86 Å². The number of aliphatic hydroxyl groups excluding tert-OH is 1. The number of hydrogen-bond acceptors (Lipinski definition) is 7. The van der Waals surface area contributed by atoms with Gasteiger partial charge in [-0.15, -0.1) is 11.3 Å². The largest absolute Gasteiger partial charge is 0.389 e. The summed E-state index contributed by atoms with van der Waals surface area (Å²) in [4.78, 5) is 47.1. The van der Waals surface area contributed by atoms with Crippen LogP contribution in [0.4, 0.5) is 0 Å². The number of carbonyl (C=O) groups excluding carboxylic acids is 1. The van der Waals surface area contributed by atoms with Crippen molar-refractivity contribution < 1.29 is 14.7 Å². The minimum Gasteiger partial charge on any atom is -0.389 e. The normalized spacial score (nSPS) is 17.3. The van der Waals surface area contributed by atoms with Gasteiger partial charge in [0.05, 0.1) is 23.2 Å². The van der Waals surface area contributed by atoms with E-state index in [1.54, 1.807) is 4.57 Å². The van der Waals surface area contributed by atoms with Crippen LogP contribution in [0.25, 0.3) is 10.2 Å². The summed E-state index contributed by atoms with van der Waals surface area (Å²) in [6, 6.07) is 0. The molecule has 0 aliphatic carbocycles. The number of hydroxylamine groups is 2. The maximum Gasteiger partial charge on any atom is 0.331 e. The highest BCUT2D eigenvalue weighted by atomic mass is 32.1. The van der Waals surface area contributed by atoms with Crippen molar-refractivity contribution in [1.82, 2.24) is 24.4 Å². The van der Waals surface area contributed by atoms with Gasteiger partial charge in [-0.2, -0.15) is 5.10 Å². The van der Waals surface area contributed by atoms with Gasteiger partial charge in [0.15, 0.2) is 0 Å². The minimum atomic E-state index is -0.798. The fourth-order valence-corrected chi connectivity index (χ4v) is 6.40. The molecule has 0 saturated carbocycles. The number of aromatic nitrogens is 4. The number of nitrogens with zero attached hydrogens (tertiary/aromatic N) is 4. The number of amides is 1. The van der Waals surface area contributed by atoms with Gasteiger partial charge in [-0.3, -0.25) is 28.7 Å². The lowest BCUT2D eigenvalue weighted by Gasteiger charge is -2.23. The predicted octanol–water partition coefficient (Wildman–Crippen LogP) is 2.29. The summed E-state index contributed by atoms with van der Waals surface area (Å²) in [5, 5.41) is 18.7. The van der Waals surface area contributed by atoms with Crippen LogP contribution >= 0.6 is 11.3 Å². The molecule has 1 aliphatic rings. The topological polar surface area (TPSA) is 122 Å². The predicted molar refractivity (Wildman–Crippen MR) is 134 cm³/mol. The molecule has 0 bridgehead atoms. The van der Waals surface area contributed by atoms with E-state index in [9.17, 15) is 19.5 Å². The van der Waals surface area contributed by atoms with Gasteiger partial charge in [0.1, 0.15) is 17.5 Å². The monoisotopic (exact) mass is 503 g/mol. The average Bonchev–Trinajstić information content (AvgIpc) is 3.48. The molecular formula is C24H33N5O5S. The van der Waals surface area contributed by atoms with Crippen molar-refractivity contribution in [1.29, 1.82) is 0 Å². The summed E-state index contributed by atoms with van der Waals surface area (Å²) in [5.41, 5.74) is 1.98. The van der Waals surface area contributed by atoms with Crippen molar-refractivity contribution in [2.45, 2.75) is 60.1 Å². The molecule has 4 heterocycles. The molecule has 11 heteroatoms. The number of H-pyrrole nitrogens is 1. The van der Waals surface area contributed by atoms with Crippen LogP contribution in [0.15, 0.2) is 9.59 Å². The molecule has 1 saturated heterocycles. The number of hydrogen-bond donors (Lipinski definition) is 2. The summed E-state index contributed by atoms with van der Waals surface area (Å²) >= 11 is 1.31. The maximum atomic E-state index is 13.9. The number of rotatable bonds is 6. The molecule has 2 N–H and O–H groups in total. The first-order chi connectivity index (χ1) is 16.4. The van der Waals surface area contributed by atoms with Crippen LogP contribution in [0.3, 0.4) is 0 Å². The van der Waals surface area contributed by atoms with Gasteiger partial charge in [-0.05, 0) is 25.7 Å². The lowest BCUT2D eigenvalue weighted by molar-refractivity contribution is -0.0779. The van der Waals surface area contributed by atoms with Gasteiger partial charge in [0, 0.05) is 35.6 Å². The van der Waals surface area contributed by atoms with Crippen LogP contribution < -0.4 is 11.2 Å². The Morgan fingerprint density at radius 2 is 1.94 bits per heavy atom. The second kappa shape index (κ2) is 9.36. The Balaban J connectivity index is 2.11. The zero-order valence-electron chi connectivity index (χ0n) is 21.2. The fraction of sp³-hybridized carbons (Fsp3) is 0.583. The third-order valence-corrected chi connectivity index (χ3v) is 7.73. The second-order valence-electron chi connectivity index (χ2n) is 10.1. The van der Waals surface area contributed by atoms with Gasteiger partial charge >= 0.3 is 5.69 Å². The zero-order chi connectivity index (χ0) is 25.8. The van der Waals surface area contributed by atoms with Crippen LogP contribution in [0.1, 0.15) is 65.8 Å². The van der Waals surface area contributed by atoms with Crippen molar-refractivity contribution in [3.63, 3.8) is 0 Å². The summed E-state index contributed by atoms with van der Waals surface area (Å²) in [5.74, 6) is -0.526. The van der Waals surface area contributed by atoms with Crippen LogP contribution in [-0.4, -0.2) is 54.7 Å². The number of nitrogens with one attached hydrogen (secondary N) is 1. The Labute approximate surface area is 207 Å². The summed E-state index contributed by atoms with van der Waals surface area (Å²) in [6.07, 6.45) is -0.798. The van der Waals surface area contributed by atoms with Gasteiger partial charge < -0.3 is 5.11 Å². The molecule has 1 amide bonds. The number of carbonyl (C=O) groups is 1. The van der Waals surface area contributed by atoms with E-state index in [0.717, 1.165) is 26.6 Å². The number of aromatic amines is 1. The Bertz CT molecular complexity index is 1380. The molecule has 1 aliphatic heterocycles. The molecule has 3 aromatic rings. The summed E-state index contributed by atoms with van der Waals surface area (Å²) in [6.45, 7) is 12.4. The number of thiophene rings is 1. The highest BCUT2D eigenvalue weighted by Gasteiger charge is 2.37. The standard InChI is InChI=1S/C24H33N5O5S/c1-11(2)8-28-23-19(21(31)27(7)24(28)33)18(22(32)29-9-15(30)10-34-29)20(35-23)16(12(3)4)17-13(5)25-26-14(17)6/h11-12,15-16,30H,8-10H2,1-7H3,(H,25,26)/t15-,16?/m0/s1. The van der Waals surface area contributed by atoms with E-state index in [2.05, 4.69) is 24.0 Å². The molecule has 0 radical (unpaired) electrons. The van der Waals surface area contributed by atoms with Crippen molar-refractivity contribution in [3.8, 4) is 0 Å². The molecule has 0 aromatic carbocycles. The molecule has 0 spiro atoms. The molecule has 10 nitrogen and oxygen atoms in total. The Kier molecular flexibility index (Phi) is 6.78. The van der Waals surface area contributed by atoms with E-state index < -0.39 is 23.3 Å². The first-order valence-electron chi connectivity index (χ1n) is 11.8. The lowest BCUT2D eigenvalue weighted by Crippen LogP contribution is -2.39. The van der Waals surface area contributed by atoms with Gasteiger partial charge in [0.25, 0.3) is 11.5 Å². The van der Waals surface area contributed by atoms with Crippen molar-refractivity contribution in [2.24, 2.45) is 18.9 Å². The molecule has 2 atom stereocenters. The van der Waals surface area contributed by atoms with Crippen LogP contribution in [0.2, 0.25) is 0 Å². The first-order valence-corrected chi connectivity index (χ1v) is 12.7. The first kappa shape index (κ1) is 25.3. The van der Waals surface area contributed by atoms with E-state index in [-0.39, 0.29) is 41.9 Å². The quantitative estimate of drug-likeness (QED) is 0.532. The van der Waals surface area contributed by atoms with Crippen molar-refractivity contribution in [3.05, 3.63) is 48.2 Å². The molecular weight excluding hydrogens is 470 g/mol. The number of aryl methyl sites for hydroxylation is 2. The molecule has 4 rings (SSSR count). The lowest BCUT2D eigenvalue weighted by atomic mass is 9.84. The Morgan fingerprint density at radius 3 is 2.46 bits per heavy atom. The smallest absolute Gasteiger partial charge is 0.331 e. The van der Waals surface area contributed by atoms with Gasteiger partial charge in [-0.1, -0.05) is 27.7 Å². The summed E-state index contributed by atoms with van der Waals surface area (Å²) in [7, 11) is 1.44. The van der Waals surface area contributed by atoms with E-state index in [4.69, 9.17) is 4.84 Å². The van der Waals surface area contributed by atoms with Crippen LogP contribution in [0.5, 0.6) is 0 Å². The second-order valence-corrected chi connectivity index (χ2v) is 11.1. The highest BCUT2D eigenvalue weighted by Crippen LogP contribution is 2.43. The van der Waals surface area contributed by atoms with Crippen molar-refractivity contribution in [2.75, 3.05) is 13.2 Å². The average molecular weight is 504 g/mol. The Morgan fingerprint density at radius 1 is 1.26 bits per heavy atom. The maximum absolute atomic E-state index is 13.9. The highest BCUT2D eigenvalue weighted by molar-refractivity contribution is 7.19. The van der Waals surface area contributed by atoms with Crippen LogP contribution in [0, 0.1) is 25.7 Å². The van der Waals surface area contributed by atoms with E-state index >= 15 is 0 Å². The van der Waals surface area contributed by atoms with E-state index in [1.807, 2.05) is 27.7 Å². The molecule has 3 aromatic heterocycles. The molecule has 1 fully saturated rings.